The number of aromatic nitrogens is 3. The van der Waals surface area contributed by atoms with Gasteiger partial charge in [-0.2, -0.15) is 0 Å². The minimum absolute atomic E-state index is 0. The number of halogens is 1. The van der Waals surface area contributed by atoms with Crippen molar-refractivity contribution < 1.29 is 9.53 Å². The van der Waals surface area contributed by atoms with Gasteiger partial charge in [-0.1, -0.05) is 5.21 Å². The predicted octanol–water partition coefficient (Wildman–Crippen LogP) is 1.81. The summed E-state index contributed by atoms with van der Waals surface area (Å²) >= 11 is 0. The van der Waals surface area contributed by atoms with Crippen LogP contribution in [-0.2, 0) is 0 Å². The van der Waals surface area contributed by atoms with Gasteiger partial charge in [-0.15, -0.1) is 17.5 Å². The highest BCUT2D eigenvalue weighted by Gasteiger charge is 2.17. The Balaban J connectivity index is 0.00000300. The highest BCUT2D eigenvalue weighted by Crippen LogP contribution is 2.18. The van der Waals surface area contributed by atoms with E-state index in [1.54, 1.807) is 4.68 Å². The van der Waals surface area contributed by atoms with E-state index in [9.17, 15) is 4.79 Å². The molecule has 0 radical (unpaired) electrons. The van der Waals surface area contributed by atoms with E-state index < -0.39 is 0 Å². The van der Waals surface area contributed by atoms with Crippen LogP contribution in [0, 0.1) is 6.92 Å². The van der Waals surface area contributed by atoms with E-state index in [0.717, 1.165) is 56.3 Å². The second-order valence-corrected chi connectivity index (χ2v) is 7.30. The quantitative estimate of drug-likeness (QED) is 0.631. The van der Waals surface area contributed by atoms with Crippen LogP contribution in [0.15, 0.2) is 24.3 Å². The molecule has 160 valence electrons. The van der Waals surface area contributed by atoms with Gasteiger partial charge in [0.1, 0.15) is 5.75 Å². The zero-order valence-corrected chi connectivity index (χ0v) is 18.2. The number of amides is 1. The van der Waals surface area contributed by atoms with Crippen LogP contribution >= 0.6 is 12.4 Å². The van der Waals surface area contributed by atoms with Gasteiger partial charge in [-0.3, -0.25) is 4.79 Å². The Hall–Kier alpha value is -2.16. The highest BCUT2D eigenvalue weighted by molar-refractivity contribution is 5.93. The molecular weight excluding hydrogens is 392 g/mol. The summed E-state index contributed by atoms with van der Waals surface area (Å²) in [5, 5.41) is 14.5. The molecule has 0 saturated carbocycles. The summed E-state index contributed by atoms with van der Waals surface area (Å²) in [5.74, 6) is 0.628. The van der Waals surface area contributed by atoms with E-state index in [2.05, 4.69) is 25.8 Å². The maximum absolute atomic E-state index is 12.5. The van der Waals surface area contributed by atoms with Crippen molar-refractivity contribution in [1.82, 2.24) is 30.5 Å². The molecular formula is C20H31ClN6O2. The van der Waals surface area contributed by atoms with Crippen LogP contribution in [0.3, 0.4) is 0 Å². The van der Waals surface area contributed by atoms with E-state index in [4.69, 9.17) is 4.74 Å². The molecule has 0 unspecified atom stereocenters. The minimum Gasteiger partial charge on any atom is -0.491 e. The first-order valence-corrected chi connectivity index (χ1v) is 9.95. The number of ether oxygens (including phenoxy) is 1. The minimum atomic E-state index is -0.177. The smallest absolute Gasteiger partial charge is 0.273 e. The lowest BCUT2D eigenvalue weighted by molar-refractivity contribution is 0.0945. The summed E-state index contributed by atoms with van der Waals surface area (Å²) < 4.78 is 7.34. The third-order valence-electron chi connectivity index (χ3n) is 4.71. The van der Waals surface area contributed by atoms with Gasteiger partial charge in [0.15, 0.2) is 5.69 Å². The third kappa shape index (κ3) is 6.42. The van der Waals surface area contributed by atoms with E-state index in [1.807, 2.05) is 45.0 Å². The van der Waals surface area contributed by atoms with Gasteiger partial charge in [0, 0.05) is 32.7 Å². The molecule has 0 aliphatic carbocycles. The van der Waals surface area contributed by atoms with Crippen molar-refractivity contribution in [3.63, 3.8) is 0 Å². The van der Waals surface area contributed by atoms with Crippen LogP contribution in [-0.4, -0.2) is 71.2 Å². The second kappa shape index (κ2) is 11.1. The zero-order valence-electron chi connectivity index (χ0n) is 17.4. The molecule has 0 spiro atoms. The van der Waals surface area contributed by atoms with E-state index >= 15 is 0 Å². The largest absolute Gasteiger partial charge is 0.491 e. The number of hydrogen-bond donors (Lipinski definition) is 2. The number of piperazine rings is 1. The summed E-state index contributed by atoms with van der Waals surface area (Å²) in [6.07, 6.45) is 1.05. The monoisotopic (exact) mass is 422 g/mol. The molecule has 1 aliphatic heterocycles. The topological polar surface area (TPSA) is 84.3 Å². The zero-order chi connectivity index (χ0) is 19.9. The molecule has 1 aliphatic rings. The first-order valence-electron chi connectivity index (χ1n) is 9.95. The van der Waals surface area contributed by atoms with E-state index in [-0.39, 0.29) is 24.4 Å². The molecule has 2 aromatic rings. The molecule has 1 amide bonds. The van der Waals surface area contributed by atoms with Gasteiger partial charge >= 0.3 is 0 Å². The fourth-order valence-electron chi connectivity index (χ4n) is 3.25. The SMILES string of the molecule is Cc1c(C(=O)NCCCN2CCNCC2)nnn1-c1ccc(OC(C)C)cc1.Cl. The highest BCUT2D eigenvalue weighted by atomic mass is 35.5. The van der Waals surface area contributed by atoms with Gasteiger partial charge in [0.2, 0.25) is 0 Å². The molecule has 29 heavy (non-hydrogen) atoms. The van der Waals surface area contributed by atoms with E-state index in [1.165, 1.54) is 0 Å². The summed E-state index contributed by atoms with van der Waals surface area (Å²) in [4.78, 5) is 14.9. The Bertz CT molecular complexity index is 772. The Morgan fingerprint density at radius 2 is 1.93 bits per heavy atom. The normalized spacial score (nSPS) is 14.5. The van der Waals surface area contributed by atoms with Crippen LogP contribution in [0.4, 0.5) is 0 Å². The maximum atomic E-state index is 12.5. The molecule has 0 bridgehead atoms. The summed E-state index contributed by atoms with van der Waals surface area (Å²) in [7, 11) is 0. The number of nitrogens with one attached hydrogen (secondary N) is 2. The van der Waals surface area contributed by atoms with Crippen LogP contribution in [0.1, 0.15) is 36.5 Å². The summed E-state index contributed by atoms with van der Waals surface area (Å²) in [6.45, 7) is 11.7. The Morgan fingerprint density at radius 3 is 2.59 bits per heavy atom. The molecule has 1 saturated heterocycles. The average molecular weight is 423 g/mol. The Kier molecular flexibility index (Phi) is 8.88. The molecule has 1 aromatic carbocycles. The van der Waals surface area contributed by atoms with Gasteiger partial charge < -0.3 is 20.3 Å². The Labute approximate surface area is 178 Å². The first kappa shape index (κ1) is 23.1. The third-order valence-corrected chi connectivity index (χ3v) is 4.71. The van der Waals surface area contributed by atoms with Crippen molar-refractivity contribution in [3.05, 3.63) is 35.7 Å². The number of carbonyl (C=O) groups excluding carboxylic acids is 1. The van der Waals surface area contributed by atoms with Crippen molar-refractivity contribution in [2.24, 2.45) is 0 Å². The van der Waals surface area contributed by atoms with Crippen LogP contribution in [0.25, 0.3) is 5.69 Å². The van der Waals surface area contributed by atoms with Crippen molar-refractivity contribution in [2.45, 2.75) is 33.3 Å². The molecule has 2 heterocycles. The fourth-order valence-corrected chi connectivity index (χ4v) is 3.25. The van der Waals surface area contributed by atoms with E-state index in [0.29, 0.717) is 12.2 Å². The lowest BCUT2D eigenvalue weighted by Crippen LogP contribution is -2.44. The molecule has 2 N–H and O–H groups in total. The number of hydrogen-bond acceptors (Lipinski definition) is 6. The van der Waals surface area contributed by atoms with Gasteiger partial charge in [-0.05, 0) is 58.0 Å². The summed E-state index contributed by atoms with van der Waals surface area (Å²) in [5.41, 5.74) is 1.93. The van der Waals surface area contributed by atoms with Crippen LogP contribution < -0.4 is 15.4 Å². The van der Waals surface area contributed by atoms with Crippen molar-refractivity contribution in [1.29, 1.82) is 0 Å². The molecule has 1 fully saturated rings. The molecule has 8 nitrogen and oxygen atoms in total. The number of carbonyl (C=O) groups is 1. The number of benzene rings is 1. The standard InChI is InChI=1S/C20H30N6O2.ClH/c1-15(2)28-18-7-5-17(6-8-18)26-16(3)19(23-24-26)20(27)22-9-4-12-25-13-10-21-11-14-25;/h5-8,15,21H,4,9-14H2,1-3H3,(H,22,27);1H. The molecule has 1 aromatic heterocycles. The summed E-state index contributed by atoms with van der Waals surface area (Å²) in [6, 6.07) is 7.61. The van der Waals surface area contributed by atoms with Crippen LogP contribution in [0.2, 0.25) is 0 Å². The lowest BCUT2D eigenvalue weighted by atomic mass is 10.2. The maximum Gasteiger partial charge on any atom is 0.273 e. The van der Waals surface area contributed by atoms with Gasteiger partial charge in [0.05, 0.1) is 17.5 Å². The molecule has 0 atom stereocenters. The molecule has 3 rings (SSSR count). The average Bonchev–Trinajstić information content (AvgIpc) is 3.07. The van der Waals surface area contributed by atoms with Crippen molar-refractivity contribution in [2.75, 3.05) is 39.3 Å². The number of rotatable bonds is 8. The van der Waals surface area contributed by atoms with Crippen LogP contribution in [0.5, 0.6) is 5.75 Å². The molecule has 9 heteroatoms. The second-order valence-electron chi connectivity index (χ2n) is 7.30. The number of nitrogens with zero attached hydrogens (tertiary/aromatic N) is 4. The lowest BCUT2D eigenvalue weighted by Gasteiger charge is -2.26. The van der Waals surface area contributed by atoms with Crippen molar-refractivity contribution >= 4 is 18.3 Å². The fraction of sp³-hybridized carbons (Fsp3) is 0.550. The predicted molar refractivity (Wildman–Crippen MR) is 115 cm³/mol. The first-order chi connectivity index (χ1) is 13.5. The van der Waals surface area contributed by atoms with Gasteiger partial charge in [0.25, 0.3) is 5.91 Å². The van der Waals surface area contributed by atoms with Gasteiger partial charge in [-0.25, -0.2) is 4.68 Å². The van der Waals surface area contributed by atoms with Crippen molar-refractivity contribution in [3.8, 4) is 11.4 Å². The Morgan fingerprint density at radius 1 is 1.24 bits per heavy atom.